The number of ether oxygens (including phenoxy) is 1. The first kappa shape index (κ1) is 17.2. The van der Waals surface area contributed by atoms with Crippen molar-refractivity contribution >= 4 is 23.3 Å². The summed E-state index contributed by atoms with van der Waals surface area (Å²) in [6.07, 6.45) is 1.53. The number of phenols is 2. The first-order valence-corrected chi connectivity index (χ1v) is 7.86. The number of aliphatic imine (C=N–C) groups is 1. The van der Waals surface area contributed by atoms with Gasteiger partial charge in [-0.05, 0) is 54.6 Å². The monoisotopic (exact) mass is 347 g/mol. The second kappa shape index (κ2) is 7.94. The molecule has 0 fully saturated rings. The summed E-state index contributed by atoms with van der Waals surface area (Å²) >= 11 is 0. The van der Waals surface area contributed by atoms with Crippen LogP contribution in [0.1, 0.15) is 5.56 Å². The van der Waals surface area contributed by atoms with Crippen LogP contribution in [-0.2, 0) is 0 Å². The molecule has 0 aliphatic carbocycles. The van der Waals surface area contributed by atoms with Gasteiger partial charge < -0.3 is 14.9 Å². The summed E-state index contributed by atoms with van der Waals surface area (Å²) < 4.78 is 5.16. The van der Waals surface area contributed by atoms with Gasteiger partial charge in [0.05, 0.1) is 24.2 Å². The molecule has 0 radical (unpaired) electrons. The van der Waals surface area contributed by atoms with Crippen LogP contribution in [0.3, 0.4) is 0 Å². The van der Waals surface area contributed by atoms with Crippen LogP contribution in [0.2, 0.25) is 0 Å². The van der Waals surface area contributed by atoms with Crippen molar-refractivity contribution in [1.82, 2.24) is 0 Å². The third kappa shape index (κ3) is 4.45. The molecule has 0 bridgehead atoms. The average molecular weight is 347 g/mol. The lowest BCUT2D eigenvalue weighted by atomic mass is 10.2. The maximum atomic E-state index is 9.99. The third-order valence-electron chi connectivity index (χ3n) is 3.55. The minimum atomic E-state index is 0.0906. The Morgan fingerprint density at radius 3 is 2.23 bits per heavy atom. The molecule has 0 amide bonds. The van der Waals surface area contributed by atoms with E-state index in [2.05, 4.69) is 15.2 Å². The van der Waals surface area contributed by atoms with Crippen LogP contribution in [0.25, 0.3) is 0 Å². The Balaban J connectivity index is 1.80. The van der Waals surface area contributed by atoms with Gasteiger partial charge in [-0.3, -0.25) is 4.99 Å². The molecule has 6 nitrogen and oxygen atoms in total. The zero-order valence-corrected chi connectivity index (χ0v) is 14.1. The van der Waals surface area contributed by atoms with Crippen LogP contribution in [-0.4, -0.2) is 23.5 Å². The lowest BCUT2D eigenvalue weighted by molar-refractivity contribution is 0.415. The van der Waals surface area contributed by atoms with Crippen molar-refractivity contribution in [2.45, 2.75) is 0 Å². The molecule has 3 rings (SSSR count). The Hall–Kier alpha value is -3.67. The van der Waals surface area contributed by atoms with Gasteiger partial charge >= 0.3 is 0 Å². The molecule has 3 aromatic rings. The van der Waals surface area contributed by atoms with E-state index < -0.39 is 0 Å². The van der Waals surface area contributed by atoms with E-state index in [0.29, 0.717) is 28.4 Å². The molecule has 0 aromatic heterocycles. The summed E-state index contributed by atoms with van der Waals surface area (Å²) in [4.78, 5) is 4.28. The number of hydrogen-bond donors (Lipinski definition) is 2. The Morgan fingerprint density at radius 2 is 1.50 bits per heavy atom. The van der Waals surface area contributed by atoms with Gasteiger partial charge in [-0.1, -0.05) is 6.07 Å². The molecule has 130 valence electrons. The second-order valence-electron chi connectivity index (χ2n) is 5.42. The predicted octanol–water partition coefficient (Wildman–Crippen LogP) is 5.27. The van der Waals surface area contributed by atoms with Gasteiger partial charge in [-0.25, -0.2) is 0 Å². The van der Waals surface area contributed by atoms with E-state index in [1.165, 1.54) is 12.3 Å². The summed E-state index contributed by atoms with van der Waals surface area (Å²) in [7, 11) is 1.59. The molecule has 0 saturated carbocycles. The number of aromatic hydroxyl groups is 2. The van der Waals surface area contributed by atoms with E-state index in [0.717, 1.165) is 0 Å². The lowest BCUT2D eigenvalue weighted by Gasteiger charge is -2.01. The average Bonchev–Trinajstić information content (AvgIpc) is 2.67. The fraction of sp³-hybridized carbons (Fsp3) is 0.0500. The molecule has 0 aliphatic rings. The molecule has 0 aliphatic heterocycles. The van der Waals surface area contributed by atoms with Gasteiger partial charge in [-0.15, -0.1) is 0 Å². The highest BCUT2D eigenvalue weighted by atomic mass is 16.5. The molecule has 0 unspecified atom stereocenters. The number of azo groups is 1. The standard InChI is InChI=1S/C20H17N3O3/c1-26-19-4-2-3-16(12-19)22-23-17-7-10-20(25)14(11-17)13-21-15-5-8-18(24)9-6-15/h2-13,24-25H,1H3. The fourth-order valence-electron chi connectivity index (χ4n) is 2.18. The molecule has 6 heteroatoms. The highest BCUT2D eigenvalue weighted by Crippen LogP contribution is 2.26. The lowest BCUT2D eigenvalue weighted by Crippen LogP contribution is -1.82. The van der Waals surface area contributed by atoms with Crippen LogP contribution in [0.5, 0.6) is 17.2 Å². The summed E-state index contributed by atoms with van der Waals surface area (Å²) in [5, 5.41) is 27.6. The highest BCUT2D eigenvalue weighted by molar-refractivity contribution is 5.86. The summed E-state index contributed by atoms with van der Waals surface area (Å²) in [6, 6.07) is 18.6. The maximum Gasteiger partial charge on any atom is 0.124 e. The molecule has 2 N–H and O–H groups in total. The topological polar surface area (TPSA) is 86.8 Å². The number of nitrogens with zero attached hydrogens (tertiary/aromatic N) is 3. The van der Waals surface area contributed by atoms with E-state index in [1.54, 1.807) is 49.6 Å². The van der Waals surface area contributed by atoms with Crippen molar-refractivity contribution in [1.29, 1.82) is 0 Å². The summed E-state index contributed by atoms with van der Waals surface area (Å²) in [5.74, 6) is 0.966. The van der Waals surface area contributed by atoms with Gasteiger partial charge in [0.25, 0.3) is 0 Å². The molecular formula is C20H17N3O3. The minimum absolute atomic E-state index is 0.0906. The summed E-state index contributed by atoms with van der Waals surface area (Å²) in [6.45, 7) is 0. The predicted molar refractivity (Wildman–Crippen MR) is 101 cm³/mol. The van der Waals surface area contributed by atoms with Crippen LogP contribution in [0.4, 0.5) is 17.1 Å². The fourth-order valence-corrected chi connectivity index (χ4v) is 2.18. The number of rotatable bonds is 5. The largest absolute Gasteiger partial charge is 0.508 e. The quantitative estimate of drug-likeness (QED) is 0.487. The smallest absolute Gasteiger partial charge is 0.124 e. The van der Waals surface area contributed by atoms with Gasteiger partial charge in [-0.2, -0.15) is 10.2 Å². The van der Waals surface area contributed by atoms with Gasteiger partial charge in [0.15, 0.2) is 0 Å². The zero-order valence-electron chi connectivity index (χ0n) is 14.1. The molecule has 0 spiro atoms. The van der Waals surface area contributed by atoms with E-state index >= 15 is 0 Å². The van der Waals surface area contributed by atoms with Crippen molar-refractivity contribution < 1.29 is 14.9 Å². The van der Waals surface area contributed by atoms with E-state index in [4.69, 9.17) is 4.74 Å². The third-order valence-corrected chi connectivity index (χ3v) is 3.55. The van der Waals surface area contributed by atoms with E-state index in [-0.39, 0.29) is 11.5 Å². The Morgan fingerprint density at radius 1 is 0.808 bits per heavy atom. The van der Waals surface area contributed by atoms with Gasteiger partial charge in [0.2, 0.25) is 0 Å². The van der Waals surface area contributed by atoms with Crippen molar-refractivity contribution in [3.05, 3.63) is 72.3 Å². The SMILES string of the molecule is COc1cccc(N=Nc2ccc(O)c(C=Nc3ccc(O)cc3)c2)c1. The molecule has 0 saturated heterocycles. The van der Waals surface area contributed by atoms with Crippen LogP contribution in [0.15, 0.2) is 82.0 Å². The first-order valence-electron chi connectivity index (χ1n) is 7.86. The Kier molecular flexibility index (Phi) is 5.24. The van der Waals surface area contributed by atoms with Crippen LogP contribution in [0, 0.1) is 0 Å². The van der Waals surface area contributed by atoms with Gasteiger partial charge in [0, 0.05) is 17.8 Å². The van der Waals surface area contributed by atoms with Gasteiger partial charge in [0.1, 0.15) is 17.2 Å². The molecule has 26 heavy (non-hydrogen) atoms. The first-order chi connectivity index (χ1) is 12.6. The Labute approximate surface area is 150 Å². The summed E-state index contributed by atoms with van der Waals surface area (Å²) in [5.41, 5.74) is 2.42. The van der Waals surface area contributed by atoms with E-state index in [9.17, 15) is 10.2 Å². The van der Waals surface area contributed by atoms with Crippen molar-refractivity contribution in [3.8, 4) is 17.2 Å². The van der Waals surface area contributed by atoms with Crippen LogP contribution >= 0.6 is 0 Å². The number of hydrogen-bond acceptors (Lipinski definition) is 6. The number of methoxy groups -OCH3 is 1. The molecule has 3 aromatic carbocycles. The van der Waals surface area contributed by atoms with Crippen molar-refractivity contribution in [3.63, 3.8) is 0 Å². The van der Waals surface area contributed by atoms with Crippen LogP contribution < -0.4 is 4.74 Å². The maximum absolute atomic E-state index is 9.99. The second-order valence-corrected chi connectivity index (χ2v) is 5.42. The molecule has 0 atom stereocenters. The molecular weight excluding hydrogens is 330 g/mol. The Bertz CT molecular complexity index is 951. The van der Waals surface area contributed by atoms with E-state index in [1.807, 2.05) is 18.2 Å². The normalized spacial score (nSPS) is 11.3. The number of phenolic OH excluding ortho intramolecular Hbond substituents is 2. The van der Waals surface area contributed by atoms with Crippen molar-refractivity contribution in [2.75, 3.05) is 7.11 Å². The minimum Gasteiger partial charge on any atom is -0.508 e. The highest BCUT2D eigenvalue weighted by Gasteiger charge is 2.01. The number of benzene rings is 3. The molecule has 0 heterocycles. The zero-order chi connectivity index (χ0) is 18.4. The van der Waals surface area contributed by atoms with Crippen molar-refractivity contribution in [2.24, 2.45) is 15.2 Å².